The zero-order valence-electron chi connectivity index (χ0n) is 12.5. The Hall–Kier alpha value is -2.17. The van der Waals surface area contributed by atoms with Gasteiger partial charge in [-0.1, -0.05) is 0 Å². The van der Waals surface area contributed by atoms with Gasteiger partial charge in [0, 0.05) is 24.4 Å². The van der Waals surface area contributed by atoms with Crippen LogP contribution in [-0.4, -0.2) is 42.8 Å². The van der Waals surface area contributed by atoms with Gasteiger partial charge in [-0.05, 0) is 12.1 Å². The third kappa shape index (κ3) is 2.83. The number of hydrogen-bond donors (Lipinski definition) is 1. The molecule has 0 aliphatic carbocycles. The Morgan fingerprint density at radius 2 is 2.08 bits per heavy atom. The maximum atomic E-state index is 12.4. The average molecular weight is 366 g/mol. The van der Waals surface area contributed by atoms with Gasteiger partial charge in [0.05, 0.1) is 10.6 Å². The van der Waals surface area contributed by atoms with Crippen molar-refractivity contribution in [1.29, 1.82) is 0 Å². The van der Waals surface area contributed by atoms with Crippen LogP contribution in [0.1, 0.15) is 5.69 Å². The van der Waals surface area contributed by atoms with Gasteiger partial charge in [0.2, 0.25) is 15.0 Å². The minimum atomic E-state index is -3.61. The van der Waals surface area contributed by atoms with Crippen LogP contribution >= 0.6 is 11.3 Å². The first kappa shape index (κ1) is 15.4. The monoisotopic (exact) mass is 366 g/mol. The van der Waals surface area contributed by atoms with Crippen molar-refractivity contribution in [3.8, 4) is 11.5 Å². The highest BCUT2D eigenvalue weighted by Crippen LogP contribution is 2.32. The van der Waals surface area contributed by atoms with E-state index in [9.17, 15) is 8.42 Å². The smallest absolute Gasteiger partial charge is 0.240 e. The summed E-state index contributed by atoms with van der Waals surface area (Å²) in [6, 6.07) is 4.61. The van der Waals surface area contributed by atoms with Gasteiger partial charge in [-0.3, -0.25) is 0 Å². The van der Waals surface area contributed by atoms with Crippen molar-refractivity contribution in [3.63, 3.8) is 0 Å². The van der Waals surface area contributed by atoms with Crippen LogP contribution in [-0.2, 0) is 16.4 Å². The van der Waals surface area contributed by atoms with Gasteiger partial charge in [-0.25, -0.2) is 22.6 Å². The highest BCUT2D eigenvalue weighted by atomic mass is 32.2. The normalized spacial score (nSPS) is 14.2. The minimum absolute atomic E-state index is 0.156. The molecule has 1 aliphatic rings. The molecule has 0 spiro atoms. The first-order chi connectivity index (χ1) is 11.6. The van der Waals surface area contributed by atoms with Crippen LogP contribution in [0.15, 0.2) is 34.8 Å². The van der Waals surface area contributed by atoms with Gasteiger partial charge < -0.3 is 9.47 Å². The van der Waals surface area contributed by atoms with Crippen LogP contribution in [0, 0.1) is 0 Å². The molecule has 0 unspecified atom stereocenters. The van der Waals surface area contributed by atoms with Crippen molar-refractivity contribution in [3.05, 3.63) is 35.6 Å². The fraction of sp³-hybridized carbons (Fsp3) is 0.286. The maximum Gasteiger partial charge on any atom is 0.240 e. The molecular weight excluding hydrogens is 352 g/mol. The quantitative estimate of drug-likeness (QED) is 0.726. The molecule has 4 rings (SSSR count). The molecule has 0 amide bonds. The molecule has 0 saturated heterocycles. The SMILES string of the molecule is O=S(=O)(NCCc1csc2ncnn12)c1ccc2c(c1)OCCO2. The van der Waals surface area contributed by atoms with Crippen LogP contribution in [0.4, 0.5) is 0 Å². The molecule has 24 heavy (non-hydrogen) atoms. The molecule has 0 atom stereocenters. The lowest BCUT2D eigenvalue weighted by Crippen LogP contribution is -2.26. The van der Waals surface area contributed by atoms with E-state index in [0.717, 1.165) is 10.7 Å². The van der Waals surface area contributed by atoms with Gasteiger partial charge in [0.25, 0.3) is 0 Å². The fourth-order valence-corrected chi connectivity index (χ4v) is 4.31. The second-order valence-corrected chi connectivity index (χ2v) is 7.74. The second-order valence-electron chi connectivity index (χ2n) is 5.13. The van der Waals surface area contributed by atoms with E-state index in [4.69, 9.17) is 9.47 Å². The molecule has 126 valence electrons. The van der Waals surface area contributed by atoms with Gasteiger partial charge >= 0.3 is 0 Å². The summed E-state index contributed by atoms with van der Waals surface area (Å²) < 4.78 is 40.0. The van der Waals surface area contributed by atoms with Crippen molar-refractivity contribution in [2.24, 2.45) is 0 Å². The van der Waals surface area contributed by atoms with Crippen molar-refractivity contribution in [2.75, 3.05) is 19.8 Å². The zero-order chi connectivity index (χ0) is 16.6. The molecule has 1 aromatic carbocycles. The van der Waals surface area contributed by atoms with Crippen LogP contribution in [0.5, 0.6) is 11.5 Å². The summed E-state index contributed by atoms with van der Waals surface area (Å²) in [5.41, 5.74) is 0.914. The molecule has 0 saturated carbocycles. The molecule has 10 heteroatoms. The lowest BCUT2D eigenvalue weighted by atomic mass is 10.3. The fourth-order valence-electron chi connectivity index (χ4n) is 2.43. The number of benzene rings is 1. The van der Waals surface area contributed by atoms with E-state index < -0.39 is 10.0 Å². The molecule has 8 nitrogen and oxygen atoms in total. The van der Waals surface area contributed by atoms with Gasteiger partial charge in [0.15, 0.2) is 11.5 Å². The molecule has 2 aromatic heterocycles. The first-order valence-electron chi connectivity index (χ1n) is 7.29. The molecule has 0 bridgehead atoms. The van der Waals surface area contributed by atoms with E-state index in [2.05, 4.69) is 14.8 Å². The predicted octanol–water partition coefficient (Wildman–Crippen LogP) is 1.08. The van der Waals surface area contributed by atoms with Crippen molar-refractivity contribution in [2.45, 2.75) is 11.3 Å². The lowest BCUT2D eigenvalue weighted by Gasteiger charge is -2.18. The first-order valence-corrected chi connectivity index (χ1v) is 9.65. The summed E-state index contributed by atoms with van der Waals surface area (Å²) in [5.74, 6) is 1.01. The maximum absolute atomic E-state index is 12.4. The summed E-state index contributed by atoms with van der Waals surface area (Å²) in [6.45, 7) is 1.15. The Balaban J connectivity index is 1.46. The Kier molecular flexibility index (Phi) is 3.87. The third-order valence-electron chi connectivity index (χ3n) is 3.59. The van der Waals surface area contributed by atoms with E-state index in [1.807, 2.05) is 5.38 Å². The number of sulfonamides is 1. The van der Waals surface area contributed by atoms with Gasteiger partial charge in [-0.2, -0.15) is 5.10 Å². The standard InChI is InChI=1S/C14H14N4O4S2/c19-24(20,11-1-2-12-13(7-11)22-6-5-21-12)17-4-3-10-8-23-14-15-9-16-18(10)14/h1-2,7-9,17H,3-6H2. The van der Waals surface area contributed by atoms with Gasteiger partial charge in [-0.15, -0.1) is 11.3 Å². The van der Waals surface area contributed by atoms with Crippen molar-refractivity contribution >= 4 is 26.3 Å². The molecule has 0 radical (unpaired) electrons. The predicted molar refractivity (Wildman–Crippen MR) is 87.2 cm³/mol. The Bertz CT molecular complexity index is 980. The van der Waals surface area contributed by atoms with E-state index in [1.54, 1.807) is 10.6 Å². The molecule has 3 heterocycles. The number of thiazole rings is 1. The van der Waals surface area contributed by atoms with Gasteiger partial charge in [0.1, 0.15) is 19.5 Å². The van der Waals surface area contributed by atoms with E-state index >= 15 is 0 Å². The Morgan fingerprint density at radius 1 is 1.25 bits per heavy atom. The highest BCUT2D eigenvalue weighted by Gasteiger charge is 2.19. The summed E-state index contributed by atoms with van der Waals surface area (Å²) in [7, 11) is -3.61. The third-order valence-corrected chi connectivity index (χ3v) is 5.92. The Labute approximate surface area is 142 Å². The summed E-state index contributed by atoms with van der Waals surface area (Å²) in [5, 5.41) is 6.03. The van der Waals surface area contributed by atoms with E-state index in [-0.39, 0.29) is 11.4 Å². The summed E-state index contributed by atoms with van der Waals surface area (Å²) >= 11 is 1.47. The Morgan fingerprint density at radius 3 is 2.96 bits per heavy atom. The van der Waals surface area contributed by atoms with E-state index in [1.165, 1.54) is 29.8 Å². The average Bonchev–Trinajstić information content (AvgIpc) is 3.19. The summed E-state index contributed by atoms with van der Waals surface area (Å²) in [4.78, 5) is 5.04. The number of ether oxygens (including phenoxy) is 2. The zero-order valence-corrected chi connectivity index (χ0v) is 14.1. The number of hydrogen-bond acceptors (Lipinski definition) is 7. The highest BCUT2D eigenvalue weighted by molar-refractivity contribution is 7.89. The largest absolute Gasteiger partial charge is 0.486 e. The number of aromatic nitrogens is 3. The molecule has 1 aliphatic heterocycles. The van der Waals surface area contributed by atoms with Crippen molar-refractivity contribution < 1.29 is 17.9 Å². The number of nitrogens with zero attached hydrogens (tertiary/aromatic N) is 3. The molecule has 3 aromatic rings. The molecule has 1 N–H and O–H groups in total. The number of nitrogens with one attached hydrogen (secondary N) is 1. The van der Waals surface area contributed by atoms with Crippen LogP contribution < -0.4 is 14.2 Å². The van der Waals surface area contributed by atoms with Crippen LogP contribution in [0.25, 0.3) is 4.96 Å². The minimum Gasteiger partial charge on any atom is -0.486 e. The second kappa shape index (κ2) is 6.04. The van der Waals surface area contributed by atoms with Crippen molar-refractivity contribution in [1.82, 2.24) is 19.3 Å². The number of fused-ring (bicyclic) bond motifs is 2. The summed E-state index contributed by atoms with van der Waals surface area (Å²) in [6.07, 6.45) is 2.00. The topological polar surface area (TPSA) is 94.8 Å². The molecule has 0 fully saturated rings. The number of rotatable bonds is 5. The van der Waals surface area contributed by atoms with E-state index in [0.29, 0.717) is 31.1 Å². The molecular formula is C14H14N4O4S2. The van der Waals surface area contributed by atoms with Crippen LogP contribution in [0.2, 0.25) is 0 Å². The lowest BCUT2D eigenvalue weighted by molar-refractivity contribution is 0.171. The van der Waals surface area contributed by atoms with Crippen LogP contribution in [0.3, 0.4) is 0 Å².